The first kappa shape index (κ1) is 20.4. The number of fused-ring (bicyclic) bond motifs is 1. The Kier molecular flexibility index (Phi) is 5.31. The van der Waals surface area contributed by atoms with Gasteiger partial charge in [0.2, 0.25) is 0 Å². The van der Waals surface area contributed by atoms with E-state index in [0.717, 1.165) is 16.7 Å². The highest BCUT2D eigenvalue weighted by molar-refractivity contribution is 5.86. The zero-order valence-corrected chi connectivity index (χ0v) is 15.9. The predicted molar refractivity (Wildman–Crippen MR) is 97.9 cm³/mol. The number of nitrogens with zero attached hydrogens (tertiary/aromatic N) is 5. The molecule has 0 N–H and O–H groups in total. The van der Waals surface area contributed by atoms with Crippen LogP contribution in [0.5, 0.6) is 6.01 Å². The highest BCUT2D eigenvalue weighted by atomic mass is 19.4. The Balaban J connectivity index is 1.81. The molecule has 0 saturated carbocycles. The molecule has 2 heterocycles. The van der Waals surface area contributed by atoms with Gasteiger partial charge in [0.25, 0.3) is 0 Å². The van der Waals surface area contributed by atoms with E-state index in [0.29, 0.717) is 11.1 Å². The summed E-state index contributed by atoms with van der Waals surface area (Å²) < 4.78 is 45.9. The first-order valence-electron chi connectivity index (χ1n) is 8.54. The second kappa shape index (κ2) is 7.57. The van der Waals surface area contributed by atoms with E-state index >= 15 is 0 Å². The molecule has 11 heteroatoms. The second-order valence-electron chi connectivity index (χ2n) is 6.51. The molecule has 0 aliphatic carbocycles. The Morgan fingerprint density at radius 3 is 2.66 bits per heavy atom. The predicted octanol–water partition coefficient (Wildman–Crippen LogP) is 2.30. The zero-order valence-electron chi connectivity index (χ0n) is 15.9. The molecule has 0 spiro atoms. The van der Waals surface area contributed by atoms with E-state index in [-0.39, 0.29) is 24.7 Å². The average molecular weight is 409 g/mol. The van der Waals surface area contributed by atoms with Gasteiger partial charge in [0.15, 0.2) is 5.65 Å². The Labute approximate surface area is 163 Å². The van der Waals surface area contributed by atoms with Crippen LogP contribution in [0.25, 0.3) is 11.2 Å². The highest BCUT2D eigenvalue weighted by Crippen LogP contribution is 2.29. The lowest BCUT2D eigenvalue weighted by Gasteiger charge is -2.10. The molecule has 8 nitrogen and oxygen atoms in total. The summed E-state index contributed by atoms with van der Waals surface area (Å²) in [5, 5.41) is 0. The molecule has 29 heavy (non-hydrogen) atoms. The van der Waals surface area contributed by atoms with Crippen LogP contribution in [0.4, 0.5) is 18.0 Å². The van der Waals surface area contributed by atoms with Gasteiger partial charge < -0.3 is 9.64 Å². The molecule has 0 aliphatic heterocycles. The van der Waals surface area contributed by atoms with Crippen LogP contribution in [-0.4, -0.2) is 50.7 Å². The number of benzene rings is 1. The number of aromatic nitrogens is 4. The number of rotatable bonds is 4. The van der Waals surface area contributed by atoms with Crippen molar-refractivity contribution in [2.75, 3.05) is 20.7 Å². The van der Waals surface area contributed by atoms with Crippen molar-refractivity contribution in [3.8, 4) is 6.01 Å². The lowest BCUT2D eigenvalue weighted by atomic mass is 10.1. The summed E-state index contributed by atoms with van der Waals surface area (Å²) in [4.78, 5) is 34.0. The normalized spacial score (nSPS) is 11.7. The molecule has 1 aromatic carbocycles. The van der Waals surface area contributed by atoms with Crippen LogP contribution >= 0.6 is 0 Å². The molecular weight excluding hydrogens is 391 g/mol. The van der Waals surface area contributed by atoms with E-state index in [4.69, 9.17) is 4.74 Å². The van der Waals surface area contributed by atoms with Crippen LogP contribution in [0.2, 0.25) is 0 Å². The molecule has 0 fully saturated rings. The summed E-state index contributed by atoms with van der Waals surface area (Å²) in [6.07, 6.45) is -2.87. The number of amides is 1. The minimum Gasteiger partial charge on any atom is -0.463 e. The van der Waals surface area contributed by atoms with Gasteiger partial charge in [-0.25, -0.2) is 14.6 Å². The number of imidazole rings is 1. The van der Waals surface area contributed by atoms with E-state index in [1.165, 1.54) is 42.9 Å². The fourth-order valence-electron chi connectivity index (χ4n) is 2.70. The maximum absolute atomic E-state index is 12.8. The molecule has 3 rings (SSSR count). The van der Waals surface area contributed by atoms with Crippen molar-refractivity contribution in [3.05, 3.63) is 52.1 Å². The van der Waals surface area contributed by atoms with Crippen molar-refractivity contribution in [1.29, 1.82) is 0 Å². The van der Waals surface area contributed by atoms with Gasteiger partial charge >= 0.3 is 23.9 Å². The number of carbonyl (C=O) groups excluding carboxylic acids is 1. The zero-order chi connectivity index (χ0) is 21.3. The molecule has 3 aromatic rings. The Bertz CT molecular complexity index is 1120. The third-order valence-electron chi connectivity index (χ3n) is 4.23. The standard InChI is InChI=1S/C18H18F3N5O3/c1-24(2)16(27)26-14-13(25(3)17(26)28)10-22-15(23-14)29-8-7-11-5-4-6-12(9-11)18(19,20)21/h4-6,9-10H,7-8H2,1-3H3. The van der Waals surface area contributed by atoms with Gasteiger partial charge in [-0.1, -0.05) is 18.2 Å². The van der Waals surface area contributed by atoms with E-state index in [2.05, 4.69) is 9.97 Å². The highest BCUT2D eigenvalue weighted by Gasteiger charge is 2.30. The van der Waals surface area contributed by atoms with Crippen LogP contribution in [-0.2, 0) is 19.6 Å². The molecule has 0 saturated heterocycles. The maximum atomic E-state index is 12.8. The van der Waals surface area contributed by atoms with Crippen LogP contribution in [0.3, 0.4) is 0 Å². The monoisotopic (exact) mass is 409 g/mol. The average Bonchev–Trinajstić information content (AvgIpc) is 2.91. The molecule has 0 radical (unpaired) electrons. The third-order valence-corrected chi connectivity index (χ3v) is 4.23. The number of halogens is 3. The lowest BCUT2D eigenvalue weighted by molar-refractivity contribution is -0.137. The van der Waals surface area contributed by atoms with Crippen molar-refractivity contribution >= 4 is 17.2 Å². The first-order valence-corrected chi connectivity index (χ1v) is 8.54. The molecule has 2 aromatic heterocycles. The molecule has 0 atom stereocenters. The maximum Gasteiger partial charge on any atom is 0.416 e. The minimum atomic E-state index is -4.42. The van der Waals surface area contributed by atoms with Crippen molar-refractivity contribution in [1.82, 2.24) is 24.0 Å². The molecular formula is C18H18F3N5O3. The van der Waals surface area contributed by atoms with Crippen LogP contribution in [0.1, 0.15) is 11.1 Å². The van der Waals surface area contributed by atoms with Crippen molar-refractivity contribution in [3.63, 3.8) is 0 Å². The summed E-state index contributed by atoms with van der Waals surface area (Å²) in [6, 6.07) is 4.28. The van der Waals surface area contributed by atoms with Gasteiger partial charge in [-0.15, -0.1) is 0 Å². The van der Waals surface area contributed by atoms with Crippen LogP contribution < -0.4 is 10.4 Å². The molecule has 0 bridgehead atoms. The Hall–Kier alpha value is -3.37. The lowest BCUT2D eigenvalue weighted by Crippen LogP contribution is -2.35. The van der Waals surface area contributed by atoms with Crippen molar-refractivity contribution < 1.29 is 22.7 Å². The van der Waals surface area contributed by atoms with Crippen LogP contribution in [0.15, 0.2) is 35.3 Å². The molecule has 1 amide bonds. The van der Waals surface area contributed by atoms with Gasteiger partial charge in [0.05, 0.1) is 18.4 Å². The topological polar surface area (TPSA) is 82.2 Å². The van der Waals surface area contributed by atoms with E-state index < -0.39 is 23.5 Å². The van der Waals surface area contributed by atoms with Crippen molar-refractivity contribution in [2.45, 2.75) is 12.6 Å². The summed E-state index contributed by atoms with van der Waals surface area (Å²) >= 11 is 0. The number of ether oxygens (including phenoxy) is 1. The fourth-order valence-corrected chi connectivity index (χ4v) is 2.70. The SMILES string of the molecule is CN(C)C(=O)n1c(=O)n(C)c2cnc(OCCc3cccc(C(F)(F)F)c3)nc21. The largest absolute Gasteiger partial charge is 0.463 e. The van der Waals surface area contributed by atoms with Gasteiger partial charge in [-0.2, -0.15) is 22.7 Å². The quantitative estimate of drug-likeness (QED) is 0.661. The summed E-state index contributed by atoms with van der Waals surface area (Å²) in [6.45, 7) is 0.0194. The summed E-state index contributed by atoms with van der Waals surface area (Å²) in [5.74, 6) is 0. The molecule has 0 aliphatic rings. The summed E-state index contributed by atoms with van der Waals surface area (Å²) in [5.41, 5.74) is -0.437. The van der Waals surface area contributed by atoms with Gasteiger partial charge in [-0.05, 0) is 11.6 Å². The van der Waals surface area contributed by atoms with Crippen molar-refractivity contribution in [2.24, 2.45) is 7.05 Å². The third kappa shape index (κ3) is 4.08. The first-order chi connectivity index (χ1) is 13.6. The Morgan fingerprint density at radius 2 is 2.00 bits per heavy atom. The molecule has 154 valence electrons. The van der Waals surface area contributed by atoms with E-state index in [1.54, 1.807) is 6.07 Å². The van der Waals surface area contributed by atoms with Crippen LogP contribution in [0, 0.1) is 0 Å². The number of hydrogen-bond acceptors (Lipinski definition) is 5. The fraction of sp³-hybridized carbons (Fsp3) is 0.333. The summed E-state index contributed by atoms with van der Waals surface area (Å²) in [7, 11) is 4.49. The second-order valence-corrected chi connectivity index (χ2v) is 6.51. The number of alkyl halides is 3. The Morgan fingerprint density at radius 1 is 1.28 bits per heavy atom. The van der Waals surface area contributed by atoms with Gasteiger partial charge in [0.1, 0.15) is 5.52 Å². The van der Waals surface area contributed by atoms with E-state index in [9.17, 15) is 22.8 Å². The smallest absolute Gasteiger partial charge is 0.416 e. The van der Waals surface area contributed by atoms with E-state index in [1.807, 2.05) is 0 Å². The number of carbonyl (C=O) groups is 1. The van der Waals surface area contributed by atoms with Gasteiger partial charge in [0, 0.05) is 27.6 Å². The number of aryl methyl sites for hydroxylation is 1. The molecule has 0 unspecified atom stereocenters. The number of hydrogen-bond donors (Lipinski definition) is 0. The minimum absolute atomic E-state index is 0.0194. The van der Waals surface area contributed by atoms with Gasteiger partial charge in [-0.3, -0.25) is 4.57 Å².